The molecule has 0 aromatic carbocycles. The maximum absolute atomic E-state index is 12.5. The molecule has 0 radical (unpaired) electrons. The van der Waals surface area contributed by atoms with Crippen LogP contribution in [0.25, 0.3) is 0 Å². The van der Waals surface area contributed by atoms with Crippen LogP contribution in [0.5, 0.6) is 0 Å². The second-order valence-electron chi connectivity index (χ2n) is 7.02. The Labute approximate surface area is 145 Å². The molecule has 138 valence electrons. The van der Waals surface area contributed by atoms with E-state index in [0.29, 0.717) is 12.8 Å². The quantitative estimate of drug-likeness (QED) is 0.608. The largest absolute Gasteiger partial charge is 0.480 e. The van der Waals surface area contributed by atoms with Gasteiger partial charge in [0, 0.05) is 13.0 Å². The van der Waals surface area contributed by atoms with E-state index >= 15 is 0 Å². The number of ether oxygens (including phenoxy) is 1. The molecule has 3 rings (SSSR count). The standard InChI is InChI=1S/C17H24N2O6/c1-2-3-4-9(17(23)24)18-12(20)7-8-19-15(21)13-10-5-6-11(25-10)14(13)16(19)22/h9-11,13-14H,2-8H2,1H3,(H,18,20)(H,23,24). The number of imide groups is 1. The van der Waals surface area contributed by atoms with Crippen molar-refractivity contribution >= 4 is 23.7 Å². The number of fused-ring (bicyclic) bond motifs is 5. The van der Waals surface area contributed by atoms with E-state index in [1.54, 1.807) is 0 Å². The number of hydrogen-bond donors (Lipinski definition) is 2. The molecule has 5 unspecified atom stereocenters. The van der Waals surface area contributed by atoms with Crippen LogP contribution in [-0.4, -0.2) is 58.5 Å². The summed E-state index contributed by atoms with van der Waals surface area (Å²) in [6.07, 6.45) is 3.09. The fraction of sp³-hybridized carbons (Fsp3) is 0.765. The number of aliphatic carboxylic acids is 1. The third-order valence-corrected chi connectivity index (χ3v) is 5.42. The predicted molar refractivity (Wildman–Crippen MR) is 85.3 cm³/mol. The van der Waals surface area contributed by atoms with Gasteiger partial charge in [0.15, 0.2) is 0 Å². The molecule has 25 heavy (non-hydrogen) atoms. The van der Waals surface area contributed by atoms with Crippen LogP contribution in [-0.2, 0) is 23.9 Å². The van der Waals surface area contributed by atoms with Crippen LogP contribution in [0, 0.1) is 11.8 Å². The summed E-state index contributed by atoms with van der Waals surface area (Å²) < 4.78 is 5.66. The average molecular weight is 352 g/mol. The van der Waals surface area contributed by atoms with Gasteiger partial charge in [-0.25, -0.2) is 4.79 Å². The van der Waals surface area contributed by atoms with E-state index in [1.165, 1.54) is 0 Å². The topological polar surface area (TPSA) is 113 Å². The lowest BCUT2D eigenvalue weighted by Gasteiger charge is -2.18. The molecular weight excluding hydrogens is 328 g/mol. The summed E-state index contributed by atoms with van der Waals surface area (Å²) in [5.41, 5.74) is 0. The fourth-order valence-electron chi connectivity index (χ4n) is 4.14. The molecule has 8 nitrogen and oxygen atoms in total. The summed E-state index contributed by atoms with van der Waals surface area (Å²) in [6, 6.07) is -0.930. The average Bonchev–Trinajstić information content (AvgIpc) is 3.24. The van der Waals surface area contributed by atoms with E-state index in [-0.39, 0.29) is 37.0 Å². The monoisotopic (exact) mass is 352 g/mol. The Morgan fingerprint density at radius 1 is 1.24 bits per heavy atom. The maximum atomic E-state index is 12.5. The van der Waals surface area contributed by atoms with Crippen molar-refractivity contribution in [1.29, 1.82) is 0 Å². The lowest BCUT2D eigenvalue weighted by Crippen LogP contribution is -2.43. The molecule has 3 heterocycles. The third kappa shape index (κ3) is 3.27. The van der Waals surface area contributed by atoms with Crippen LogP contribution in [0.1, 0.15) is 45.4 Å². The van der Waals surface area contributed by atoms with Crippen molar-refractivity contribution in [3.8, 4) is 0 Å². The van der Waals surface area contributed by atoms with Gasteiger partial charge in [-0.15, -0.1) is 0 Å². The molecule has 3 fully saturated rings. The number of nitrogens with one attached hydrogen (secondary N) is 1. The van der Waals surface area contributed by atoms with E-state index in [1.807, 2.05) is 6.92 Å². The van der Waals surface area contributed by atoms with Crippen LogP contribution in [0.4, 0.5) is 0 Å². The van der Waals surface area contributed by atoms with Crippen LogP contribution in [0.2, 0.25) is 0 Å². The van der Waals surface area contributed by atoms with Crippen molar-refractivity contribution in [2.45, 2.75) is 63.7 Å². The number of carbonyl (C=O) groups is 4. The Morgan fingerprint density at radius 2 is 1.84 bits per heavy atom. The molecule has 0 saturated carbocycles. The molecule has 3 aliphatic rings. The van der Waals surface area contributed by atoms with E-state index < -0.39 is 29.8 Å². The molecule has 3 saturated heterocycles. The van der Waals surface area contributed by atoms with Crippen molar-refractivity contribution < 1.29 is 29.0 Å². The minimum absolute atomic E-state index is 0.00391. The third-order valence-electron chi connectivity index (χ3n) is 5.42. The second-order valence-corrected chi connectivity index (χ2v) is 7.02. The first-order valence-electron chi connectivity index (χ1n) is 8.97. The van der Waals surface area contributed by atoms with Crippen molar-refractivity contribution in [2.75, 3.05) is 6.54 Å². The maximum Gasteiger partial charge on any atom is 0.326 e. The second kappa shape index (κ2) is 7.11. The Morgan fingerprint density at radius 3 is 2.36 bits per heavy atom. The number of likely N-dealkylation sites (tertiary alicyclic amines) is 1. The highest BCUT2D eigenvalue weighted by Crippen LogP contribution is 2.48. The normalized spacial score (nSPS) is 31.3. The van der Waals surface area contributed by atoms with Gasteiger partial charge in [-0.1, -0.05) is 19.8 Å². The molecule has 5 atom stereocenters. The number of unbranched alkanes of at least 4 members (excludes halogenated alkanes) is 1. The zero-order valence-electron chi connectivity index (χ0n) is 14.3. The van der Waals surface area contributed by atoms with Gasteiger partial charge >= 0.3 is 5.97 Å². The minimum atomic E-state index is -1.07. The Balaban J connectivity index is 1.53. The lowest BCUT2D eigenvalue weighted by molar-refractivity contribution is -0.144. The van der Waals surface area contributed by atoms with E-state index in [0.717, 1.165) is 24.2 Å². The van der Waals surface area contributed by atoms with E-state index in [2.05, 4.69) is 5.32 Å². The van der Waals surface area contributed by atoms with Crippen LogP contribution in [0.3, 0.4) is 0 Å². The van der Waals surface area contributed by atoms with E-state index in [9.17, 15) is 19.2 Å². The molecule has 3 amide bonds. The molecule has 3 aliphatic heterocycles. The van der Waals surface area contributed by atoms with Crippen LogP contribution in [0.15, 0.2) is 0 Å². The smallest absolute Gasteiger partial charge is 0.326 e. The molecule has 0 aromatic rings. The van der Waals surface area contributed by atoms with Gasteiger partial charge in [0.1, 0.15) is 6.04 Å². The number of carboxylic acids is 1. The first-order chi connectivity index (χ1) is 11.9. The predicted octanol–water partition coefficient (Wildman–Crippen LogP) is 0.299. The van der Waals surface area contributed by atoms with Gasteiger partial charge in [0.2, 0.25) is 17.7 Å². The van der Waals surface area contributed by atoms with Crippen molar-refractivity contribution in [2.24, 2.45) is 11.8 Å². The number of nitrogens with zero attached hydrogens (tertiary/aromatic N) is 1. The van der Waals surface area contributed by atoms with Crippen molar-refractivity contribution in [3.63, 3.8) is 0 Å². The van der Waals surface area contributed by atoms with Gasteiger partial charge in [-0.05, 0) is 19.3 Å². The van der Waals surface area contributed by atoms with Crippen molar-refractivity contribution in [3.05, 3.63) is 0 Å². The van der Waals surface area contributed by atoms with Gasteiger partial charge in [0.05, 0.1) is 24.0 Å². The zero-order chi connectivity index (χ0) is 18.1. The van der Waals surface area contributed by atoms with Gasteiger partial charge in [-0.3, -0.25) is 19.3 Å². The highest BCUT2D eigenvalue weighted by Gasteiger charge is 2.62. The molecule has 2 bridgehead atoms. The number of carboxylic acid groups (broad SMARTS) is 1. The summed E-state index contributed by atoms with van der Waals surface area (Å²) in [6.45, 7) is 1.94. The highest BCUT2D eigenvalue weighted by molar-refractivity contribution is 6.06. The molecule has 8 heteroatoms. The van der Waals surface area contributed by atoms with Gasteiger partial charge < -0.3 is 15.2 Å². The number of carbonyl (C=O) groups excluding carboxylic acids is 3. The highest BCUT2D eigenvalue weighted by atomic mass is 16.5. The Hall–Kier alpha value is -1.96. The van der Waals surface area contributed by atoms with Crippen LogP contribution < -0.4 is 5.32 Å². The first kappa shape index (κ1) is 17.8. The molecule has 0 aromatic heterocycles. The molecule has 0 aliphatic carbocycles. The Bertz CT molecular complexity index is 564. The molecule has 0 spiro atoms. The molecule has 2 N–H and O–H groups in total. The van der Waals surface area contributed by atoms with E-state index in [4.69, 9.17) is 9.84 Å². The molecular formula is C17H24N2O6. The lowest BCUT2D eigenvalue weighted by atomic mass is 9.81. The minimum Gasteiger partial charge on any atom is -0.480 e. The van der Waals surface area contributed by atoms with Crippen LogP contribution >= 0.6 is 0 Å². The van der Waals surface area contributed by atoms with Crippen molar-refractivity contribution in [1.82, 2.24) is 10.2 Å². The first-order valence-corrected chi connectivity index (χ1v) is 8.97. The zero-order valence-corrected chi connectivity index (χ0v) is 14.3. The summed E-state index contributed by atoms with van der Waals surface area (Å²) >= 11 is 0. The van der Waals surface area contributed by atoms with Gasteiger partial charge in [0.25, 0.3) is 0 Å². The summed E-state index contributed by atoms with van der Waals surface area (Å²) in [5, 5.41) is 11.6. The SMILES string of the molecule is CCCCC(NC(=O)CCN1C(=O)C2C3CCC(O3)C2C1=O)C(=O)O. The summed E-state index contributed by atoms with van der Waals surface area (Å²) in [4.78, 5) is 49.3. The number of hydrogen-bond acceptors (Lipinski definition) is 5. The Kier molecular flexibility index (Phi) is 5.08. The number of rotatable bonds is 8. The summed E-state index contributed by atoms with van der Waals surface area (Å²) in [7, 11) is 0. The summed E-state index contributed by atoms with van der Waals surface area (Å²) in [5.74, 6) is -2.83. The fourth-order valence-corrected chi connectivity index (χ4v) is 4.14. The number of amides is 3. The van der Waals surface area contributed by atoms with Gasteiger partial charge in [-0.2, -0.15) is 0 Å².